The molecule has 0 spiro atoms. The van der Waals surface area contributed by atoms with Crippen molar-refractivity contribution in [3.63, 3.8) is 0 Å². The number of ether oxygens (including phenoxy) is 3. The topological polar surface area (TPSA) is 63.9 Å². The second-order valence-electron chi connectivity index (χ2n) is 5.72. The van der Waals surface area contributed by atoms with Gasteiger partial charge in [0.2, 0.25) is 0 Å². The number of hydrogen-bond donors (Lipinski definition) is 1. The minimum absolute atomic E-state index is 0.389. The standard InChI is InChI=1S/C21H30N2O3/c1-4-7-10-13-24-18-16-19(25-14-11-8-5-2)21(23-22)20(17-18)26-15-12-9-6-3/h4-6,16-17,22H,1-3,7-15H2. The van der Waals surface area contributed by atoms with Crippen LogP contribution in [0.5, 0.6) is 17.2 Å². The summed E-state index contributed by atoms with van der Waals surface area (Å²) < 4.78 is 17.4. The highest BCUT2D eigenvalue weighted by atomic mass is 16.5. The minimum Gasteiger partial charge on any atom is -0.493 e. The lowest BCUT2D eigenvalue weighted by molar-refractivity contribution is 0.283. The SMILES string of the molecule is C=CCCCOc1cc(OCCCC=C)c(N=N)c(OCCCC=C)c1. The van der Waals surface area contributed by atoms with Gasteiger partial charge < -0.3 is 14.2 Å². The average Bonchev–Trinajstić information content (AvgIpc) is 2.66. The molecule has 5 heteroatoms. The lowest BCUT2D eigenvalue weighted by Gasteiger charge is -2.15. The van der Waals surface area contributed by atoms with Crippen LogP contribution in [0.2, 0.25) is 0 Å². The summed E-state index contributed by atoms with van der Waals surface area (Å²) in [7, 11) is 0. The molecular weight excluding hydrogens is 328 g/mol. The molecule has 26 heavy (non-hydrogen) atoms. The fraction of sp³-hybridized carbons (Fsp3) is 0.429. The maximum Gasteiger partial charge on any atom is 0.169 e. The largest absolute Gasteiger partial charge is 0.493 e. The van der Waals surface area contributed by atoms with E-state index in [2.05, 4.69) is 24.9 Å². The Kier molecular flexibility index (Phi) is 11.3. The van der Waals surface area contributed by atoms with E-state index >= 15 is 0 Å². The molecular formula is C21H30N2O3. The Balaban J connectivity index is 2.89. The zero-order valence-electron chi connectivity index (χ0n) is 15.5. The summed E-state index contributed by atoms with van der Waals surface area (Å²) in [6.45, 7) is 12.7. The van der Waals surface area contributed by atoms with Crippen molar-refractivity contribution < 1.29 is 14.2 Å². The molecule has 1 aromatic carbocycles. The zero-order valence-corrected chi connectivity index (χ0v) is 15.5. The van der Waals surface area contributed by atoms with Gasteiger partial charge in [0.25, 0.3) is 0 Å². The number of unbranched alkanes of at least 4 members (excludes halogenated alkanes) is 3. The molecule has 0 unspecified atom stereocenters. The van der Waals surface area contributed by atoms with Crippen molar-refractivity contribution in [3.05, 3.63) is 50.1 Å². The highest BCUT2D eigenvalue weighted by molar-refractivity contribution is 5.64. The summed E-state index contributed by atoms with van der Waals surface area (Å²) in [6, 6.07) is 3.54. The van der Waals surface area contributed by atoms with E-state index in [1.54, 1.807) is 12.1 Å². The number of hydrogen-bond acceptors (Lipinski definition) is 5. The Morgan fingerprint density at radius 2 is 1.19 bits per heavy atom. The van der Waals surface area contributed by atoms with Crippen molar-refractivity contribution >= 4 is 5.69 Å². The molecule has 0 heterocycles. The molecule has 0 bridgehead atoms. The first-order valence-electron chi connectivity index (χ1n) is 9.03. The van der Waals surface area contributed by atoms with E-state index in [0.29, 0.717) is 42.8 Å². The third-order valence-corrected chi connectivity index (χ3v) is 3.57. The van der Waals surface area contributed by atoms with Crippen LogP contribution in [-0.4, -0.2) is 19.8 Å². The van der Waals surface area contributed by atoms with Crippen molar-refractivity contribution in [2.45, 2.75) is 38.5 Å². The summed E-state index contributed by atoms with van der Waals surface area (Å²) in [5, 5.41) is 3.61. The summed E-state index contributed by atoms with van der Waals surface area (Å²) in [5.41, 5.74) is 7.89. The van der Waals surface area contributed by atoms with E-state index in [9.17, 15) is 0 Å². The van der Waals surface area contributed by atoms with Gasteiger partial charge in [0, 0.05) is 12.1 Å². The normalized spacial score (nSPS) is 10.0. The molecule has 1 rings (SSSR count). The van der Waals surface area contributed by atoms with Crippen molar-refractivity contribution in [2.24, 2.45) is 5.11 Å². The highest BCUT2D eigenvalue weighted by Gasteiger charge is 2.14. The predicted octanol–water partition coefficient (Wildman–Crippen LogP) is 6.38. The minimum atomic E-state index is 0.389. The van der Waals surface area contributed by atoms with Crippen LogP contribution in [0.3, 0.4) is 0 Å². The average molecular weight is 358 g/mol. The molecule has 0 saturated heterocycles. The van der Waals surface area contributed by atoms with Crippen LogP contribution in [0.1, 0.15) is 38.5 Å². The number of nitrogens with one attached hydrogen (secondary N) is 1. The van der Waals surface area contributed by atoms with Gasteiger partial charge in [0.15, 0.2) is 17.2 Å². The molecule has 1 aromatic rings. The second kappa shape index (κ2) is 13.7. The lowest BCUT2D eigenvalue weighted by Crippen LogP contribution is -2.03. The van der Waals surface area contributed by atoms with Gasteiger partial charge in [-0.15, -0.1) is 19.7 Å². The van der Waals surface area contributed by atoms with E-state index in [0.717, 1.165) is 38.5 Å². The van der Waals surface area contributed by atoms with E-state index in [1.807, 2.05) is 18.2 Å². The van der Waals surface area contributed by atoms with Crippen molar-refractivity contribution in [3.8, 4) is 17.2 Å². The van der Waals surface area contributed by atoms with Gasteiger partial charge in [-0.25, -0.2) is 5.53 Å². The monoisotopic (exact) mass is 358 g/mol. The zero-order chi connectivity index (χ0) is 19.0. The molecule has 1 N–H and O–H groups in total. The van der Waals surface area contributed by atoms with Crippen LogP contribution in [0.4, 0.5) is 5.69 Å². The third kappa shape index (κ3) is 8.01. The van der Waals surface area contributed by atoms with Gasteiger partial charge >= 0.3 is 0 Å². The van der Waals surface area contributed by atoms with Gasteiger partial charge in [-0.3, -0.25) is 0 Å². The number of rotatable bonds is 16. The Morgan fingerprint density at radius 3 is 1.58 bits per heavy atom. The summed E-state index contributed by atoms with van der Waals surface area (Å²) >= 11 is 0. The molecule has 0 saturated carbocycles. The van der Waals surface area contributed by atoms with Crippen LogP contribution in [-0.2, 0) is 0 Å². The molecule has 0 radical (unpaired) electrons. The highest BCUT2D eigenvalue weighted by Crippen LogP contribution is 2.41. The van der Waals surface area contributed by atoms with Crippen molar-refractivity contribution in [1.82, 2.24) is 0 Å². The first kappa shape index (κ1) is 21.5. The lowest BCUT2D eigenvalue weighted by atomic mass is 10.2. The molecule has 0 aromatic heterocycles. The number of allylic oxidation sites excluding steroid dienone is 3. The van der Waals surface area contributed by atoms with Crippen LogP contribution >= 0.6 is 0 Å². The second-order valence-corrected chi connectivity index (χ2v) is 5.72. The van der Waals surface area contributed by atoms with Crippen LogP contribution in [0.15, 0.2) is 55.2 Å². The summed E-state index contributed by atoms with van der Waals surface area (Å²) in [5.74, 6) is 1.66. The summed E-state index contributed by atoms with van der Waals surface area (Å²) in [4.78, 5) is 0. The van der Waals surface area contributed by atoms with Crippen LogP contribution in [0, 0.1) is 5.53 Å². The van der Waals surface area contributed by atoms with Gasteiger partial charge in [-0.05, 0) is 38.5 Å². The smallest absolute Gasteiger partial charge is 0.169 e. The Morgan fingerprint density at radius 1 is 0.769 bits per heavy atom. The maximum atomic E-state index is 7.50. The van der Waals surface area contributed by atoms with Crippen LogP contribution < -0.4 is 14.2 Å². The maximum absolute atomic E-state index is 7.50. The van der Waals surface area contributed by atoms with Gasteiger partial charge in [0.1, 0.15) is 5.75 Å². The molecule has 0 aliphatic heterocycles. The quantitative estimate of drug-likeness (QED) is 0.212. The molecule has 0 aliphatic rings. The number of nitrogens with zero attached hydrogens (tertiary/aromatic N) is 1. The first-order valence-corrected chi connectivity index (χ1v) is 9.03. The summed E-state index contributed by atoms with van der Waals surface area (Å²) in [6.07, 6.45) is 10.8. The fourth-order valence-corrected chi connectivity index (χ4v) is 2.21. The Hall–Kier alpha value is -2.56. The van der Waals surface area contributed by atoms with E-state index in [4.69, 9.17) is 19.7 Å². The predicted molar refractivity (Wildman–Crippen MR) is 106 cm³/mol. The molecule has 0 fully saturated rings. The van der Waals surface area contributed by atoms with Crippen molar-refractivity contribution in [1.29, 1.82) is 5.53 Å². The Bertz CT molecular complexity index is 548. The van der Waals surface area contributed by atoms with E-state index in [1.165, 1.54) is 0 Å². The molecule has 142 valence electrons. The molecule has 0 aliphatic carbocycles. The van der Waals surface area contributed by atoms with E-state index in [-0.39, 0.29) is 0 Å². The molecule has 0 atom stereocenters. The fourth-order valence-electron chi connectivity index (χ4n) is 2.21. The Labute approximate surface area is 156 Å². The van der Waals surface area contributed by atoms with Gasteiger partial charge in [-0.1, -0.05) is 18.2 Å². The van der Waals surface area contributed by atoms with Crippen molar-refractivity contribution in [2.75, 3.05) is 19.8 Å². The molecule has 0 amide bonds. The van der Waals surface area contributed by atoms with Gasteiger partial charge in [-0.2, -0.15) is 5.11 Å². The van der Waals surface area contributed by atoms with Gasteiger partial charge in [0.05, 0.1) is 19.8 Å². The van der Waals surface area contributed by atoms with Crippen LogP contribution in [0.25, 0.3) is 0 Å². The van der Waals surface area contributed by atoms with E-state index < -0.39 is 0 Å². The first-order chi connectivity index (χ1) is 12.8. The third-order valence-electron chi connectivity index (χ3n) is 3.57. The molecule has 5 nitrogen and oxygen atoms in total. The number of benzene rings is 1.